The molecule has 1 aliphatic heterocycles. The lowest BCUT2D eigenvalue weighted by Crippen LogP contribution is -2.27. The molecule has 0 aliphatic carbocycles. The van der Waals surface area contributed by atoms with Crippen LogP contribution in [0.1, 0.15) is 5.56 Å². The van der Waals surface area contributed by atoms with Crippen molar-refractivity contribution in [1.29, 1.82) is 0 Å². The van der Waals surface area contributed by atoms with Crippen LogP contribution in [0.15, 0.2) is 54.7 Å². The molecular formula is C19H13N5O2. The molecule has 26 heavy (non-hydrogen) atoms. The van der Waals surface area contributed by atoms with Gasteiger partial charge in [0.1, 0.15) is 11.2 Å². The van der Waals surface area contributed by atoms with Gasteiger partial charge in [-0.3, -0.25) is 14.5 Å². The number of aromatic amines is 1. The number of carbonyl (C=O) groups is 2. The first-order valence-electron chi connectivity index (χ1n) is 8.11. The van der Waals surface area contributed by atoms with Crippen LogP contribution in [-0.2, 0) is 9.59 Å². The molecule has 0 radical (unpaired) electrons. The summed E-state index contributed by atoms with van der Waals surface area (Å²) in [5, 5.41) is 9.13. The average Bonchev–Trinajstić information content (AvgIpc) is 3.33. The number of fused-ring (bicyclic) bond motifs is 2. The van der Waals surface area contributed by atoms with E-state index in [0.29, 0.717) is 22.2 Å². The van der Waals surface area contributed by atoms with Crippen LogP contribution in [-0.4, -0.2) is 43.7 Å². The van der Waals surface area contributed by atoms with E-state index in [0.717, 1.165) is 15.8 Å². The molecular weight excluding hydrogens is 330 g/mol. The molecule has 0 atom stereocenters. The third-order valence-corrected chi connectivity index (χ3v) is 4.68. The van der Waals surface area contributed by atoms with Crippen LogP contribution in [0.3, 0.4) is 0 Å². The standard InChI is InChI=1S/C19H13N5O2/c1-23-18(25)16(12-10-20-13-7-3-2-6-11(12)13)17(19(23)26)24-15-9-5-4-8-14(15)21-22-24/h2-10,20H,1H3. The first kappa shape index (κ1) is 14.6. The summed E-state index contributed by atoms with van der Waals surface area (Å²) in [6, 6.07) is 15.0. The molecule has 0 fully saturated rings. The minimum Gasteiger partial charge on any atom is -0.361 e. The van der Waals surface area contributed by atoms with Crippen LogP contribution >= 0.6 is 0 Å². The van der Waals surface area contributed by atoms with Crippen molar-refractivity contribution in [2.75, 3.05) is 7.05 Å². The van der Waals surface area contributed by atoms with E-state index in [4.69, 9.17) is 0 Å². The molecule has 2 aromatic carbocycles. The van der Waals surface area contributed by atoms with E-state index in [1.807, 2.05) is 48.5 Å². The van der Waals surface area contributed by atoms with Gasteiger partial charge in [0.2, 0.25) is 0 Å². The Morgan fingerprint density at radius 2 is 1.73 bits per heavy atom. The number of rotatable bonds is 2. The number of imide groups is 1. The van der Waals surface area contributed by atoms with Crippen LogP contribution < -0.4 is 0 Å². The fourth-order valence-corrected chi connectivity index (χ4v) is 3.38. The van der Waals surface area contributed by atoms with Crippen molar-refractivity contribution in [3.8, 4) is 0 Å². The summed E-state index contributed by atoms with van der Waals surface area (Å²) in [5.74, 6) is -0.750. The summed E-state index contributed by atoms with van der Waals surface area (Å²) in [6.07, 6.45) is 1.75. The van der Waals surface area contributed by atoms with Gasteiger partial charge in [0.05, 0.1) is 11.1 Å². The van der Waals surface area contributed by atoms with Crippen molar-refractivity contribution in [1.82, 2.24) is 24.9 Å². The molecule has 7 nitrogen and oxygen atoms in total. The molecule has 0 bridgehead atoms. The number of nitrogens with zero attached hydrogens (tertiary/aromatic N) is 4. The fraction of sp³-hybridized carbons (Fsp3) is 0.0526. The number of aromatic nitrogens is 4. The van der Waals surface area contributed by atoms with Gasteiger partial charge in [-0.2, -0.15) is 0 Å². The second-order valence-corrected chi connectivity index (χ2v) is 6.13. The molecule has 5 rings (SSSR count). The SMILES string of the molecule is CN1C(=O)C(c2c[nH]c3ccccc23)=C(n2nnc3ccccc32)C1=O. The third kappa shape index (κ3) is 1.82. The number of hydrogen-bond acceptors (Lipinski definition) is 4. The Bertz CT molecular complexity index is 1150. The largest absolute Gasteiger partial charge is 0.361 e. The van der Waals surface area contributed by atoms with Gasteiger partial charge in [0, 0.05) is 29.7 Å². The van der Waals surface area contributed by atoms with Gasteiger partial charge >= 0.3 is 0 Å². The van der Waals surface area contributed by atoms with Crippen LogP contribution in [0.5, 0.6) is 0 Å². The Balaban J connectivity index is 1.86. The highest BCUT2D eigenvalue weighted by Gasteiger charge is 2.39. The van der Waals surface area contributed by atoms with Crippen LogP contribution in [0.2, 0.25) is 0 Å². The zero-order valence-electron chi connectivity index (χ0n) is 13.8. The van der Waals surface area contributed by atoms with E-state index in [1.165, 1.54) is 11.7 Å². The number of amides is 2. The van der Waals surface area contributed by atoms with E-state index in [9.17, 15) is 9.59 Å². The maximum atomic E-state index is 12.9. The normalized spacial score (nSPS) is 15.0. The molecule has 2 aromatic heterocycles. The number of likely N-dealkylation sites (N-methyl/N-ethyl adjacent to an activating group) is 1. The highest BCUT2D eigenvalue weighted by atomic mass is 16.2. The quantitative estimate of drug-likeness (QED) is 0.566. The molecule has 1 N–H and O–H groups in total. The number of nitrogens with one attached hydrogen (secondary N) is 1. The van der Waals surface area contributed by atoms with E-state index < -0.39 is 5.91 Å². The van der Waals surface area contributed by atoms with Gasteiger partial charge in [-0.25, -0.2) is 4.68 Å². The lowest BCUT2D eigenvalue weighted by Gasteiger charge is -2.06. The molecule has 126 valence electrons. The molecule has 0 unspecified atom stereocenters. The molecule has 0 spiro atoms. The molecule has 3 heterocycles. The average molecular weight is 343 g/mol. The fourth-order valence-electron chi connectivity index (χ4n) is 3.38. The zero-order valence-corrected chi connectivity index (χ0v) is 13.8. The zero-order chi connectivity index (χ0) is 17.8. The smallest absolute Gasteiger partial charge is 0.280 e. The van der Waals surface area contributed by atoms with E-state index in [1.54, 1.807) is 6.20 Å². The predicted molar refractivity (Wildman–Crippen MR) is 96.7 cm³/mol. The first-order chi connectivity index (χ1) is 12.7. The van der Waals surface area contributed by atoms with Crippen molar-refractivity contribution in [2.45, 2.75) is 0 Å². The van der Waals surface area contributed by atoms with Gasteiger partial charge in [-0.1, -0.05) is 35.5 Å². The minimum absolute atomic E-state index is 0.218. The topological polar surface area (TPSA) is 83.9 Å². The van der Waals surface area contributed by atoms with Crippen LogP contribution in [0.25, 0.3) is 33.2 Å². The maximum Gasteiger partial charge on any atom is 0.280 e. The number of H-pyrrole nitrogens is 1. The number of para-hydroxylation sites is 2. The Morgan fingerprint density at radius 3 is 2.62 bits per heavy atom. The van der Waals surface area contributed by atoms with Crippen molar-refractivity contribution in [2.24, 2.45) is 0 Å². The second-order valence-electron chi connectivity index (χ2n) is 6.13. The molecule has 7 heteroatoms. The maximum absolute atomic E-state index is 12.9. The van der Waals surface area contributed by atoms with E-state index >= 15 is 0 Å². The Hall–Kier alpha value is -3.74. The van der Waals surface area contributed by atoms with Crippen molar-refractivity contribution in [3.63, 3.8) is 0 Å². The molecule has 1 aliphatic rings. The lowest BCUT2D eigenvalue weighted by molar-refractivity contribution is -0.134. The summed E-state index contributed by atoms with van der Waals surface area (Å²) in [5.41, 5.74) is 3.46. The van der Waals surface area contributed by atoms with Gasteiger partial charge in [-0.05, 0) is 18.2 Å². The summed E-state index contributed by atoms with van der Waals surface area (Å²) in [7, 11) is 1.48. The summed E-state index contributed by atoms with van der Waals surface area (Å²) in [6.45, 7) is 0. The predicted octanol–water partition coefficient (Wildman–Crippen LogP) is 2.28. The Labute approximate surface area is 147 Å². The van der Waals surface area contributed by atoms with E-state index in [2.05, 4.69) is 15.3 Å². The highest BCUT2D eigenvalue weighted by Crippen LogP contribution is 2.35. The van der Waals surface area contributed by atoms with Gasteiger partial charge < -0.3 is 4.98 Å². The summed E-state index contributed by atoms with van der Waals surface area (Å²) in [4.78, 5) is 30.0. The van der Waals surface area contributed by atoms with Crippen molar-refractivity contribution in [3.05, 3.63) is 60.3 Å². The molecule has 0 saturated heterocycles. The lowest BCUT2D eigenvalue weighted by atomic mass is 10.0. The molecule has 0 saturated carbocycles. The van der Waals surface area contributed by atoms with Crippen molar-refractivity contribution >= 4 is 45.0 Å². The summed E-state index contributed by atoms with van der Waals surface area (Å²) >= 11 is 0. The van der Waals surface area contributed by atoms with Gasteiger partial charge in [-0.15, -0.1) is 5.10 Å². The molecule has 4 aromatic rings. The highest BCUT2D eigenvalue weighted by molar-refractivity contribution is 6.47. The van der Waals surface area contributed by atoms with Crippen LogP contribution in [0, 0.1) is 0 Å². The van der Waals surface area contributed by atoms with E-state index in [-0.39, 0.29) is 11.6 Å². The second kappa shape index (κ2) is 5.13. The number of hydrogen-bond donors (Lipinski definition) is 1. The Kier molecular flexibility index (Phi) is 2.88. The summed E-state index contributed by atoms with van der Waals surface area (Å²) < 4.78 is 1.45. The number of carbonyl (C=O) groups excluding carboxylic acids is 2. The van der Waals surface area contributed by atoms with Gasteiger partial charge in [0.15, 0.2) is 0 Å². The number of benzene rings is 2. The Morgan fingerprint density at radius 1 is 0.962 bits per heavy atom. The minimum atomic E-state index is -0.397. The molecule has 2 amide bonds. The van der Waals surface area contributed by atoms with Crippen LogP contribution in [0.4, 0.5) is 0 Å². The van der Waals surface area contributed by atoms with Gasteiger partial charge in [0.25, 0.3) is 11.8 Å². The first-order valence-corrected chi connectivity index (χ1v) is 8.11. The third-order valence-electron chi connectivity index (χ3n) is 4.68. The monoisotopic (exact) mass is 343 g/mol. The van der Waals surface area contributed by atoms with Crippen molar-refractivity contribution < 1.29 is 9.59 Å².